The third kappa shape index (κ3) is 2.46. The van der Waals surface area contributed by atoms with Crippen molar-refractivity contribution in [1.82, 2.24) is 9.97 Å². The largest absolute Gasteiger partial charge is 0.237 e. The second-order valence-electron chi connectivity index (χ2n) is 3.27. The smallest absolute Gasteiger partial charge is 0.143 e. The summed E-state index contributed by atoms with van der Waals surface area (Å²) in [6.07, 6.45) is 0.251. The fourth-order valence-electron chi connectivity index (χ4n) is 1.35. The van der Waals surface area contributed by atoms with E-state index in [2.05, 4.69) is 32.0 Å². The number of hydrogen-bond donors (Lipinski definition) is 0. The van der Waals surface area contributed by atoms with Gasteiger partial charge in [0.2, 0.25) is 0 Å². The average Bonchev–Trinajstić information content (AvgIpc) is 2.64. The van der Waals surface area contributed by atoms with E-state index in [1.165, 1.54) is 0 Å². The van der Waals surface area contributed by atoms with Crippen molar-refractivity contribution < 1.29 is 0 Å². The quantitative estimate of drug-likeness (QED) is 0.853. The molecule has 5 heteroatoms. The summed E-state index contributed by atoms with van der Waals surface area (Å²) in [7, 11) is 0. The molecule has 2 aromatic heterocycles. The van der Waals surface area contributed by atoms with Gasteiger partial charge in [-0.3, -0.25) is 0 Å². The first-order valence-corrected chi connectivity index (χ1v) is 6.32. The van der Waals surface area contributed by atoms with Crippen LogP contribution in [0.25, 0.3) is 10.6 Å². The third-order valence-corrected chi connectivity index (χ3v) is 3.67. The second kappa shape index (κ2) is 4.73. The minimum Gasteiger partial charge on any atom is -0.237 e. The topological polar surface area (TPSA) is 49.6 Å². The first kappa shape index (κ1) is 11.2. The summed E-state index contributed by atoms with van der Waals surface area (Å²) < 4.78 is 1.05. The molecular weight excluding hydrogens is 286 g/mol. The van der Waals surface area contributed by atoms with Gasteiger partial charge in [-0.2, -0.15) is 5.26 Å². The first-order chi connectivity index (χ1) is 7.69. The van der Waals surface area contributed by atoms with E-state index in [0.717, 1.165) is 20.7 Å². The van der Waals surface area contributed by atoms with Crippen molar-refractivity contribution in [2.75, 3.05) is 0 Å². The summed E-state index contributed by atoms with van der Waals surface area (Å²) in [6, 6.07) is 6.01. The van der Waals surface area contributed by atoms with Gasteiger partial charge < -0.3 is 0 Å². The van der Waals surface area contributed by atoms with E-state index < -0.39 is 0 Å². The number of nitrogens with zero attached hydrogens (tertiary/aromatic N) is 3. The average molecular weight is 294 g/mol. The maximum Gasteiger partial charge on any atom is 0.143 e. The van der Waals surface area contributed by atoms with Crippen LogP contribution in [0, 0.1) is 18.3 Å². The third-order valence-electron chi connectivity index (χ3n) is 1.96. The summed E-state index contributed by atoms with van der Waals surface area (Å²) in [4.78, 5) is 9.66. The molecule has 16 heavy (non-hydrogen) atoms. The van der Waals surface area contributed by atoms with Crippen molar-refractivity contribution in [3.8, 4) is 16.6 Å². The molecule has 0 saturated carbocycles. The van der Waals surface area contributed by atoms with E-state index in [0.29, 0.717) is 5.82 Å². The summed E-state index contributed by atoms with van der Waals surface area (Å²) in [5.41, 5.74) is 1.77. The van der Waals surface area contributed by atoms with Gasteiger partial charge in [-0.15, -0.1) is 11.3 Å². The highest BCUT2D eigenvalue weighted by Gasteiger charge is 2.06. The van der Waals surface area contributed by atoms with Crippen molar-refractivity contribution in [1.29, 1.82) is 5.26 Å². The highest BCUT2D eigenvalue weighted by molar-refractivity contribution is 9.10. The van der Waals surface area contributed by atoms with Crippen LogP contribution in [0.5, 0.6) is 0 Å². The summed E-state index contributed by atoms with van der Waals surface area (Å²) in [5.74, 6) is 0.585. The Balaban J connectivity index is 2.45. The molecule has 0 unspecified atom stereocenters. The number of hydrogen-bond acceptors (Lipinski definition) is 4. The van der Waals surface area contributed by atoms with E-state index >= 15 is 0 Å². The minimum absolute atomic E-state index is 0.251. The highest BCUT2D eigenvalue weighted by atomic mass is 79.9. The lowest BCUT2D eigenvalue weighted by molar-refractivity contribution is 0.970. The normalized spacial score (nSPS) is 10.1. The molecule has 0 aliphatic carbocycles. The Hall–Kier alpha value is -1.25. The van der Waals surface area contributed by atoms with Gasteiger partial charge in [0, 0.05) is 15.5 Å². The molecule has 0 amide bonds. The molecule has 2 aromatic rings. The Morgan fingerprint density at radius 3 is 2.88 bits per heavy atom. The molecule has 0 fully saturated rings. The Kier molecular flexibility index (Phi) is 3.32. The van der Waals surface area contributed by atoms with Gasteiger partial charge in [-0.05, 0) is 35.0 Å². The maximum atomic E-state index is 8.64. The first-order valence-electron chi connectivity index (χ1n) is 4.65. The Morgan fingerprint density at radius 2 is 2.25 bits per heavy atom. The van der Waals surface area contributed by atoms with Crippen LogP contribution in [0.4, 0.5) is 0 Å². The zero-order valence-corrected chi connectivity index (χ0v) is 11.0. The van der Waals surface area contributed by atoms with E-state index in [1.807, 2.05) is 24.4 Å². The molecule has 2 heterocycles. The fraction of sp³-hybridized carbons (Fsp3) is 0.182. The van der Waals surface area contributed by atoms with Crippen LogP contribution in [0.3, 0.4) is 0 Å². The number of rotatable bonds is 2. The van der Waals surface area contributed by atoms with Gasteiger partial charge in [-0.1, -0.05) is 0 Å². The van der Waals surface area contributed by atoms with Crippen molar-refractivity contribution in [3.63, 3.8) is 0 Å². The lowest BCUT2D eigenvalue weighted by Crippen LogP contribution is -1.97. The Bertz CT molecular complexity index is 557. The molecule has 0 N–H and O–H groups in total. The molecule has 0 aliphatic heterocycles. The Morgan fingerprint density at radius 1 is 1.44 bits per heavy atom. The van der Waals surface area contributed by atoms with Crippen LogP contribution < -0.4 is 0 Å². The van der Waals surface area contributed by atoms with Crippen LogP contribution >= 0.6 is 27.3 Å². The summed E-state index contributed by atoms with van der Waals surface area (Å²) >= 11 is 5.03. The monoisotopic (exact) mass is 293 g/mol. The molecule has 0 aliphatic rings. The van der Waals surface area contributed by atoms with Crippen molar-refractivity contribution in [2.45, 2.75) is 13.3 Å². The molecule has 0 bridgehead atoms. The van der Waals surface area contributed by atoms with Crippen molar-refractivity contribution in [3.05, 3.63) is 33.5 Å². The SMILES string of the molecule is Cc1cc(-c2cc(Br)cs2)nc(CC#N)n1. The van der Waals surface area contributed by atoms with Gasteiger partial charge in [0.25, 0.3) is 0 Å². The standard InChI is InChI=1S/C11H8BrN3S/c1-7-4-9(10-5-8(12)6-16-10)15-11(14-7)2-3-13/h4-6H,2H2,1H3. The van der Waals surface area contributed by atoms with E-state index in [-0.39, 0.29) is 6.42 Å². The number of halogens is 1. The number of nitriles is 1. The van der Waals surface area contributed by atoms with Crippen LogP contribution in [-0.2, 0) is 6.42 Å². The number of thiophene rings is 1. The lowest BCUT2D eigenvalue weighted by atomic mass is 10.3. The molecule has 0 radical (unpaired) electrons. The molecular formula is C11H8BrN3S. The second-order valence-corrected chi connectivity index (χ2v) is 5.10. The highest BCUT2D eigenvalue weighted by Crippen LogP contribution is 2.28. The van der Waals surface area contributed by atoms with Crippen LogP contribution in [-0.4, -0.2) is 9.97 Å². The van der Waals surface area contributed by atoms with Gasteiger partial charge in [-0.25, -0.2) is 9.97 Å². The molecule has 3 nitrogen and oxygen atoms in total. The van der Waals surface area contributed by atoms with Crippen molar-refractivity contribution >= 4 is 27.3 Å². The van der Waals surface area contributed by atoms with Crippen LogP contribution in [0.15, 0.2) is 22.0 Å². The fourth-order valence-corrected chi connectivity index (χ4v) is 2.74. The van der Waals surface area contributed by atoms with Gasteiger partial charge in [0.05, 0.1) is 23.1 Å². The number of aryl methyl sites for hydroxylation is 1. The molecule has 2 rings (SSSR count). The van der Waals surface area contributed by atoms with Crippen molar-refractivity contribution in [2.24, 2.45) is 0 Å². The molecule has 80 valence electrons. The van der Waals surface area contributed by atoms with Gasteiger partial charge in [0.1, 0.15) is 5.82 Å². The Labute approximate surface area is 106 Å². The van der Waals surface area contributed by atoms with Gasteiger partial charge in [0.15, 0.2) is 0 Å². The summed E-state index contributed by atoms with van der Waals surface area (Å²) in [6.45, 7) is 1.91. The maximum absolute atomic E-state index is 8.64. The lowest BCUT2D eigenvalue weighted by Gasteiger charge is -2.01. The molecule has 0 saturated heterocycles. The van der Waals surface area contributed by atoms with E-state index in [4.69, 9.17) is 5.26 Å². The predicted octanol–water partition coefficient (Wildman–Crippen LogP) is 3.34. The van der Waals surface area contributed by atoms with Crippen LogP contribution in [0.1, 0.15) is 11.5 Å². The van der Waals surface area contributed by atoms with Gasteiger partial charge >= 0.3 is 0 Å². The zero-order valence-electron chi connectivity index (χ0n) is 8.57. The van der Waals surface area contributed by atoms with E-state index in [9.17, 15) is 0 Å². The number of aromatic nitrogens is 2. The summed E-state index contributed by atoms with van der Waals surface area (Å²) in [5, 5.41) is 10.7. The van der Waals surface area contributed by atoms with E-state index in [1.54, 1.807) is 11.3 Å². The molecule has 0 atom stereocenters. The minimum atomic E-state index is 0.251. The predicted molar refractivity (Wildman–Crippen MR) is 67.1 cm³/mol. The zero-order chi connectivity index (χ0) is 11.5. The molecule has 0 spiro atoms. The molecule has 0 aromatic carbocycles. The van der Waals surface area contributed by atoms with Crippen LogP contribution in [0.2, 0.25) is 0 Å².